The fourth-order valence-corrected chi connectivity index (χ4v) is 1.30. The first-order valence-electron chi connectivity index (χ1n) is 4.33. The molecule has 1 aliphatic heterocycles. The number of aliphatic imine (C=N–C) groups is 1. The monoisotopic (exact) mass is 207 g/mol. The van der Waals surface area contributed by atoms with Gasteiger partial charge in [-0.05, 0) is 12.1 Å². The summed E-state index contributed by atoms with van der Waals surface area (Å²) < 4.78 is 31.6. The van der Waals surface area contributed by atoms with Crippen LogP contribution < -0.4 is 0 Å². The van der Waals surface area contributed by atoms with Crippen molar-refractivity contribution in [1.29, 1.82) is 0 Å². The SMILES string of the molecule is C#CC1COC(c2c(F)cccc2F)=N1. The summed E-state index contributed by atoms with van der Waals surface area (Å²) in [6.07, 6.45) is 5.13. The van der Waals surface area contributed by atoms with E-state index in [1.807, 2.05) is 0 Å². The normalized spacial score (nSPS) is 19.3. The van der Waals surface area contributed by atoms with Crippen molar-refractivity contribution in [3.63, 3.8) is 0 Å². The van der Waals surface area contributed by atoms with E-state index >= 15 is 0 Å². The fourth-order valence-electron chi connectivity index (χ4n) is 1.30. The molecular weight excluding hydrogens is 200 g/mol. The molecule has 0 aromatic heterocycles. The summed E-state index contributed by atoms with van der Waals surface area (Å²) in [6.45, 7) is 0.166. The molecule has 0 bridgehead atoms. The highest BCUT2D eigenvalue weighted by Crippen LogP contribution is 2.17. The molecule has 76 valence electrons. The molecule has 0 spiro atoms. The second-order valence-electron chi connectivity index (χ2n) is 3.02. The van der Waals surface area contributed by atoms with Gasteiger partial charge in [-0.25, -0.2) is 13.8 Å². The van der Waals surface area contributed by atoms with Crippen molar-refractivity contribution in [2.45, 2.75) is 6.04 Å². The third-order valence-electron chi connectivity index (χ3n) is 2.02. The van der Waals surface area contributed by atoms with Gasteiger partial charge in [-0.1, -0.05) is 12.0 Å². The summed E-state index contributed by atoms with van der Waals surface area (Å²) in [6, 6.07) is 3.11. The Morgan fingerprint density at radius 2 is 2.07 bits per heavy atom. The summed E-state index contributed by atoms with van der Waals surface area (Å²) in [5.74, 6) is 0.879. The lowest BCUT2D eigenvalue weighted by Crippen LogP contribution is -2.07. The molecule has 4 heteroatoms. The highest BCUT2D eigenvalue weighted by atomic mass is 19.1. The first-order valence-corrected chi connectivity index (χ1v) is 4.33. The summed E-state index contributed by atoms with van der Waals surface area (Å²) in [5, 5.41) is 0. The van der Waals surface area contributed by atoms with Crippen LogP contribution in [0.3, 0.4) is 0 Å². The van der Waals surface area contributed by atoms with E-state index in [0.29, 0.717) is 0 Å². The van der Waals surface area contributed by atoms with Gasteiger partial charge in [-0.3, -0.25) is 0 Å². The number of ether oxygens (including phenoxy) is 1. The predicted molar refractivity (Wildman–Crippen MR) is 51.5 cm³/mol. The lowest BCUT2D eigenvalue weighted by Gasteiger charge is -2.03. The van der Waals surface area contributed by atoms with Gasteiger partial charge in [0.25, 0.3) is 0 Å². The highest BCUT2D eigenvalue weighted by molar-refractivity contribution is 5.95. The van der Waals surface area contributed by atoms with Crippen LogP contribution in [0.25, 0.3) is 0 Å². The first-order chi connectivity index (χ1) is 7.22. The predicted octanol–water partition coefficient (Wildman–Crippen LogP) is 1.74. The summed E-state index contributed by atoms with van der Waals surface area (Å²) >= 11 is 0. The molecular formula is C11H7F2NO. The second-order valence-corrected chi connectivity index (χ2v) is 3.02. The van der Waals surface area contributed by atoms with Gasteiger partial charge in [-0.2, -0.15) is 0 Å². The van der Waals surface area contributed by atoms with Crippen LogP contribution >= 0.6 is 0 Å². The maximum absolute atomic E-state index is 13.3. The van der Waals surface area contributed by atoms with Crippen LogP contribution in [0.4, 0.5) is 8.78 Å². The van der Waals surface area contributed by atoms with Crippen molar-refractivity contribution >= 4 is 5.90 Å². The maximum Gasteiger partial charge on any atom is 0.223 e. The third-order valence-corrected chi connectivity index (χ3v) is 2.02. The molecule has 0 N–H and O–H groups in total. The van der Waals surface area contributed by atoms with Gasteiger partial charge >= 0.3 is 0 Å². The van der Waals surface area contributed by atoms with Gasteiger partial charge in [0.2, 0.25) is 5.90 Å². The molecule has 0 aliphatic carbocycles. The van der Waals surface area contributed by atoms with Crippen LogP contribution in [-0.2, 0) is 4.74 Å². The zero-order chi connectivity index (χ0) is 10.8. The Morgan fingerprint density at radius 3 is 2.60 bits per heavy atom. The quantitative estimate of drug-likeness (QED) is 0.643. The van der Waals surface area contributed by atoms with E-state index in [-0.39, 0.29) is 18.1 Å². The molecule has 1 heterocycles. The summed E-state index contributed by atoms with van der Waals surface area (Å²) in [7, 11) is 0. The highest BCUT2D eigenvalue weighted by Gasteiger charge is 2.23. The molecule has 1 unspecified atom stereocenters. The maximum atomic E-state index is 13.3. The minimum atomic E-state index is -0.702. The molecule has 0 amide bonds. The molecule has 0 saturated heterocycles. The minimum absolute atomic E-state index is 0.0615. The Bertz CT molecular complexity index is 442. The average molecular weight is 207 g/mol. The van der Waals surface area contributed by atoms with Gasteiger partial charge in [0.15, 0.2) is 0 Å². The van der Waals surface area contributed by atoms with Gasteiger partial charge in [0.05, 0.1) is 0 Å². The van der Waals surface area contributed by atoms with Crippen LogP contribution in [0.5, 0.6) is 0 Å². The molecule has 15 heavy (non-hydrogen) atoms. The number of benzene rings is 1. The lowest BCUT2D eigenvalue weighted by atomic mass is 10.2. The van der Waals surface area contributed by atoms with Crippen molar-refractivity contribution in [3.8, 4) is 12.3 Å². The molecule has 2 nitrogen and oxygen atoms in total. The van der Waals surface area contributed by atoms with E-state index in [1.165, 1.54) is 6.07 Å². The summed E-state index contributed by atoms with van der Waals surface area (Å²) in [4.78, 5) is 3.88. The standard InChI is InChI=1S/C11H7F2NO/c1-2-7-6-15-11(14-7)10-8(12)4-3-5-9(10)13/h1,3-5,7H,6H2. The van der Waals surface area contributed by atoms with Crippen molar-refractivity contribution in [3.05, 3.63) is 35.4 Å². The Labute approximate surface area is 85.6 Å². The summed E-state index contributed by atoms with van der Waals surface area (Å²) in [5.41, 5.74) is -0.254. The number of halogens is 2. The topological polar surface area (TPSA) is 21.6 Å². The van der Waals surface area contributed by atoms with E-state index in [9.17, 15) is 8.78 Å². The first kappa shape index (κ1) is 9.66. The van der Waals surface area contributed by atoms with Gasteiger partial charge in [0.1, 0.15) is 29.8 Å². The Balaban J connectivity index is 2.44. The number of nitrogens with zero attached hydrogens (tertiary/aromatic N) is 1. The van der Waals surface area contributed by atoms with Gasteiger partial charge in [-0.15, -0.1) is 6.42 Å². The Kier molecular flexibility index (Phi) is 2.38. The zero-order valence-corrected chi connectivity index (χ0v) is 7.71. The molecule has 2 rings (SSSR count). The average Bonchev–Trinajstić information content (AvgIpc) is 2.66. The van der Waals surface area contributed by atoms with E-state index in [1.54, 1.807) is 0 Å². The molecule has 1 aliphatic rings. The van der Waals surface area contributed by atoms with Crippen LogP contribution in [-0.4, -0.2) is 18.5 Å². The van der Waals surface area contributed by atoms with Crippen molar-refractivity contribution in [2.75, 3.05) is 6.61 Å². The molecule has 0 radical (unpaired) electrons. The van der Waals surface area contributed by atoms with Gasteiger partial charge in [0, 0.05) is 0 Å². The Morgan fingerprint density at radius 1 is 1.40 bits per heavy atom. The molecule has 0 fully saturated rings. The van der Waals surface area contributed by atoms with Crippen molar-refractivity contribution < 1.29 is 13.5 Å². The Hall–Kier alpha value is -1.89. The van der Waals surface area contributed by atoms with Crippen LogP contribution in [0.1, 0.15) is 5.56 Å². The van der Waals surface area contributed by atoms with Crippen molar-refractivity contribution in [1.82, 2.24) is 0 Å². The van der Waals surface area contributed by atoms with Gasteiger partial charge < -0.3 is 4.74 Å². The van der Waals surface area contributed by atoms with Crippen LogP contribution in [0.2, 0.25) is 0 Å². The van der Waals surface area contributed by atoms with E-state index in [4.69, 9.17) is 11.2 Å². The van der Waals surface area contributed by atoms with Crippen LogP contribution in [0.15, 0.2) is 23.2 Å². The minimum Gasteiger partial charge on any atom is -0.474 e. The number of hydrogen-bond donors (Lipinski definition) is 0. The lowest BCUT2D eigenvalue weighted by molar-refractivity contribution is 0.331. The largest absolute Gasteiger partial charge is 0.474 e. The second kappa shape index (κ2) is 3.70. The van der Waals surface area contributed by atoms with Crippen LogP contribution in [0, 0.1) is 24.0 Å². The molecule has 1 aromatic carbocycles. The van der Waals surface area contributed by atoms with E-state index in [0.717, 1.165) is 12.1 Å². The number of rotatable bonds is 1. The molecule has 1 atom stereocenters. The number of hydrogen-bond acceptors (Lipinski definition) is 2. The van der Waals surface area contributed by atoms with E-state index < -0.39 is 17.7 Å². The molecule has 0 saturated carbocycles. The molecule has 1 aromatic rings. The number of terminal acetylenes is 1. The fraction of sp³-hybridized carbons (Fsp3) is 0.182. The smallest absolute Gasteiger partial charge is 0.223 e. The zero-order valence-electron chi connectivity index (χ0n) is 7.71. The van der Waals surface area contributed by atoms with E-state index in [2.05, 4.69) is 10.9 Å². The third kappa shape index (κ3) is 1.68. The van der Waals surface area contributed by atoms with Crippen molar-refractivity contribution in [2.24, 2.45) is 4.99 Å².